The second kappa shape index (κ2) is 6.39. The molecule has 0 radical (unpaired) electrons. The van der Waals surface area contributed by atoms with Crippen molar-refractivity contribution in [1.29, 1.82) is 0 Å². The van der Waals surface area contributed by atoms with Gasteiger partial charge in [-0.2, -0.15) is 0 Å². The van der Waals surface area contributed by atoms with E-state index in [1.54, 1.807) is 18.4 Å². The van der Waals surface area contributed by atoms with Gasteiger partial charge in [0.05, 0.1) is 11.3 Å². The molecule has 1 aliphatic carbocycles. The number of amides is 1. The summed E-state index contributed by atoms with van der Waals surface area (Å²) in [6.07, 6.45) is 4.55. The van der Waals surface area contributed by atoms with Crippen LogP contribution in [0, 0.1) is 5.92 Å². The Morgan fingerprint density at radius 3 is 2.90 bits per heavy atom. The average Bonchev–Trinajstić information content (AvgIpc) is 2.86. The third-order valence-electron chi connectivity index (χ3n) is 3.98. The third kappa shape index (κ3) is 3.39. The molecule has 0 spiro atoms. The van der Waals surface area contributed by atoms with Gasteiger partial charge in [-0.15, -0.1) is 11.3 Å². The highest BCUT2D eigenvalue weighted by molar-refractivity contribution is 7.14. The molecule has 0 aliphatic heterocycles. The lowest BCUT2D eigenvalue weighted by Gasteiger charge is -2.19. The van der Waals surface area contributed by atoms with Crippen molar-refractivity contribution < 1.29 is 14.7 Å². The molecule has 1 aliphatic rings. The fourth-order valence-corrected chi connectivity index (χ4v) is 3.81. The molecule has 110 valence electrons. The zero-order valence-corrected chi connectivity index (χ0v) is 12.8. The van der Waals surface area contributed by atoms with E-state index < -0.39 is 5.97 Å². The van der Waals surface area contributed by atoms with Crippen molar-refractivity contribution in [3.05, 3.63) is 21.4 Å². The minimum atomic E-state index is -0.874. The minimum Gasteiger partial charge on any atom is -0.481 e. The number of carboxylic acids is 1. The molecule has 0 saturated carbocycles. The Morgan fingerprint density at radius 2 is 2.25 bits per heavy atom. The monoisotopic (exact) mass is 295 g/mol. The maximum atomic E-state index is 12.3. The van der Waals surface area contributed by atoms with E-state index >= 15 is 0 Å². The maximum absolute atomic E-state index is 12.3. The first-order chi connectivity index (χ1) is 9.51. The molecular weight excluding hydrogens is 274 g/mol. The van der Waals surface area contributed by atoms with E-state index in [0.29, 0.717) is 0 Å². The maximum Gasteiger partial charge on any atom is 0.305 e. The van der Waals surface area contributed by atoms with Crippen LogP contribution in [0.2, 0.25) is 0 Å². The predicted octanol–water partition coefficient (Wildman–Crippen LogP) is 2.81. The first-order valence-corrected chi connectivity index (χ1v) is 7.91. The number of nitrogens with zero attached hydrogens (tertiary/aromatic N) is 1. The number of aryl methyl sites for hydroxylation is 1. The number of carboxylic acid groups (broad SMARTS) is 1. The van der Waals surface area contributed by atoms with Gasteiger partial charge in [0, 0.05) is 18.5 Å². The Hall–Kier alpha value is -1.36. The van der Waals surface area contributed by atoms with Gasteiger partial charge in [-0.25, -0.2) is 0 Å². The zero-order valence-electron chi connectivity index (χ0n) is 12.0. The fourth-order valence-electron chi connectivity index (χ4n) is 2.61. The molecule has 1 heterocycles. The van der Waals surface area contributed by atoms with Crippen LogP contribution in [-0.4, -0.2) is 35.5 Å². The molecule has 0 bridgehead atoms. The molecule has 20 heavy (non-hydrogen) atoms. The molecule has 0 saturated heterocycles. The van der Waals surface area contributed by atoms with Crippen molar-refractivity contribution in [2.75, 3.05) is 13.6 Å². The van der Waals surface area contributed by atoms with Gasteiger partial charge in [0.15, 0.2) is 0 Å². The second-order valence-corrected chi connectivity index (χ2v) is 6.58. The highest BCUT2D eigenvalue weighted by atomic mass is 32.1. The van der Waals surface area contributed by atoms with E-state index in [4.69, 9.17) is 5.11 Å². The Kier molecular flexibility index (Phi) is 4.81. The molecule has 1 aromatic rings. The first kappa shape index (κ1) is 15.0. The van der Waals surface area contributed by atoms with Crippen molar-refractivity contribution in [3.63, 3.8) is 0 Å². The van der Waals surface area contributed by atoms with Gasteiger partial charge in [0.1, 0.15) is 0 Å². The lowest BCUT2D eigenvalue weighted by atomic mass is 9.87. The van der Waals surface area contributed by atoms with Crippen molar-refractivity contribution in [1.82, 2.24) is 4.90 Å². The molecule has 1 atom stereocenters. The van der Waals surface area contributed by atoms with Crippen molar-refractivity contribution in [2.24, 2.45) is 5.92 Å². The molecule has 1 amide bonds. The number of fused-ring (bicyclic) bond motifs is 1. The number of hydrogen-bond acceptors (Lipinski definition) is 3. The second-order valence-electron chi connectivity index (χ2n) is 5.45. The van der Waals surface area contributed by atoms with E-state index in [-0.39, 0.29) is 18.9 Å². The highest BCUT2D eigenvalue weighted by Crippen LogP contribution is 2.33. The smallest absolute Gasteiger partial charge is 0.305 e. The van der Waals surface area contributed by atoms with Crippen LogP contribution in [0.1, 0.15) is 46.3 Å². The molecule has 0 aromatic carbocycles. The largest absolute Gasteiger partial charge is 0.481 e. The quantitative estimate of drug-likeness (QED) is 0.908. The summed E-state index contributed by atoms with van der Waals surface area (Å²) in [6.45, 7) is 2.47. The van der Waals surface area contributed by atoms with Gasteiger partial charge in [-0.3, -0.25) is 9.59 Å². The summed E-state index contributed by atoms with van der Waals surface area (Å²) in [5.74, 6) is -0.190. The van der Waals surface area contributed by atoms with Gasteiger partial charge in [0.2, 0.25) is 0 Å². The molecule has 4 nitrogen and oxygen atoms in total. The Balaban J connectivity index is 2.04. The van der Waals surface area contributed by atoms with E-state index in [0.717, 1.165) is 23.6 Å². The lowest BCUT2D eigenvalue weighted by Crippen LogP contribution is -2.28. The Morgan fingerprint density at radius 1 is 1.50 bits per heavy atom. The summed E-state index contributed by atoms with van der Waals surface area (Å²) in [5, 5.41) is 8.67. The van der Waals surface area contributed by atoms with Crippen LogP contribution >= 0.6 is 11.3 Å². The van der Waals surface area contributed by atoms with E-state index in [1.165, 1.54) is 28.2 Å². The summed E-state index contributed by atoms with van der Waals surface area (Å²) in [6, 6.07) is 2.02. The number of aliphatic carboxylic acids is 1. The summed E-state index contributed by atoms with van der Waals surface area (Å²) >= 11 is 1.58. The van der Waals surface area contributed by atoms with Crippen LogP contribution in [0.25, 0.3) is 0 Å². The SMILES string of the molecule is CCC1CCc2sc(C(=O)N(C)CCC(=O)O)cc2C1. The van der Waals surface area contributed by atoms with Crippen LogP contribution in [0.3, 0.4) is 0 Å². The number of hydrogen-bond donors (Lipinski definition) is 1. The van der Waals surface area contributed by atoms with Crippen molar-refractivity contribution >= 4 is 23.2 Å². The summed E-state index contributed by atoms with van der Waals surface area (Å²) in [4.78, 5) is 26.4. The van der Waals surface area contributed by atoms with Crippen LogP contribution < -0.4 is 0 Å². The van der Waals surface area contributed by atoms with Crippen LogP contribution in [0.5, 0.6) is 0 Å². The highest BCUT2D eigenvalue weighted by Gasteiger charge is 2.23. The standard InChI is InChI=1S/C15H21NO3S/c1-3-10-4-5-12-11(8-10)9-13(20-12)15(19)16(2)7-6-14(17)18/h9-10H,3-8H2,1-2H3,(H,17,18). The summed E-state index contributed by atoms with van der Waals surface area (Å²) < 4.78 is 0. The Labute approximate surface area is 123 Å². The first-order valence-electron chi connectivity index (χ1n) is 7.10. The molecule has 1 N–H and O–H groups in total. The number of thiophene rings is 1. The molecule has 0 fully saturated rings. The van der Waals surface area contributed by atoms with E-state index in [2.05, 4.69) is 6.92 Å². The fraction of sp³-hybridized carbons (Fsp3) is 0.600. The van der Waals surface area contributed by atoms with Crippen LogP contribution in [0.4, 0.5) is 0 Å². The summed E-state index contributed by atoms with van der Waals surface area (Å²) in [7, 11) is 1.67. The number of carbonyl (C=O) groups is 2. The lowest BCUT2D eigenvalue weighted by molar-refractivity contribution is -0.137. The van der Waals surface area contributed by atoms with Crippen LogP contribution in [-0.2, 0) is 17.6 Å². The van der Waals surface area contributed by atoms with Gasteiger partial charge in [-0.1, -0.05) is 13.3 Å². The van der Waals surface area contributed by atoms with Crippen molar-refractivity contribution in [2.45, 2.75) is 39.0 Å². The zero-order chi connectivity index (χ0) is 14.7. The topological polar surface area (TPSA) is 57.6 Å². The number of carbonyl (C=O) groups excluding carboxylic acids is 1. The molecular formula is C15H21NO3S. The van der Waals surface area contributed by atoms with E-state index in [9.17, 15) is 9.59 Å². The minimum absolute atomic E-state index is 0.00869. The number of rotatable bonds is 5. The van der Waals surface area contributed by atoms with E-state index in [1.807, 2.05) is 6.07 Å². The van der Waals surface area contributed by atoms with Gasteiger partial charge in [-0.05, 0) is 36.8 Å². The normalized spacial score (nSPS) is 17.6. The molecule has 1 aromatic heterocycles. The third-order valence-corrected chi connectivity index (χ3v) is 5.21. The molecule has 1 unspecified atom stereocenters. The van der Waals surface area contributed by atoms with Crippen LogP contribution in [0.15, 0.2) is 6.07 Å². The molecule has 2 rings (SSSR count). The van der Waals surface area contributed by atoms with Gasteiger partial charge < -0.3 is 10.0 Å². The van der Waals surface area contributed by atoms with Gasteiger partial charge in [0.25, 0.3) is 5.91 Å². The van der Waals surface area contributed by atoms with Gasteiger partial charge >= 0.3 is 5.97 Å². The summed E-state index contributed by atoms with van der Waals surface area (Å²) in [5.41, 5.74) is 1.32. The predicted molar refractivity (Wildman–Crippen MR) is 79.3 cm³/mol. The Bertz CT molecular complexity index is 509. The average molecular weight is 295 g/mol. The molecule has 5 heteroatoms. The van der Waals surface area contributed by atoms with Crippen molar-refractivity contribution in [3.8, 4) is 0 Å².